The number of benzene rings is 3. The van der Waals surface area contributed by atoms with Crippen molar-refractivity contribution in [3.63, 3.8) is 0 Å². The van der Waals surface area contributed by atoms with E-state index in [1.54, 1.807) is 0 Å². The summed E-state index contributed by atoms with van der Waals surface area (Å²) >= 11 is 0. The van der Waals surface area contributed by atoms with Gasteiger partial charge in [-0.05, 0) is 90.7 Å². The van der Waals surface area contributed by atoms with Gasteiger partial charge in [0.1, 0.15) is 0 Å². The van der Waals surface area contributed by atoms with Crippen molar-refractivity contribution >= 4 is 21.5 Å². The third-order valence-corrected chi connectivity index (χ3v) is 4.83. The minimum absolute atomic E-state index is 0.770. The van der Waals surface area contributed by atoms with Crippen LogP contribution >= 0.6 is 0 Å². The topological polar surface area (TPSA) is 23.8 Å². The Hall–Kier alpha value is -2.33. The fourth-order valence-corrected chi connectivity index (χ4v) is 3.09. The fourth-order valence-electron chi connectivity index (χ4n) is 3.09. The van der Waals surface area contributed by atoms with Gasteiger partial charge in [0.15, 0.2) is 0 Å². The lowest BCUT2D eigenvalue weighted by atomic mass is 9.89. The van der Waals surface area contributed by atoms with Gasteiger partial charge in [0.25, 0.3) is 0 Å². The molecule has 0 fully saturated rings. The van der Waals surface area contributed by atoms with E-state index in [4.69, 9.17) is 0 Å². The molecule has 3 aromatic rings. The predicted molar refractivity (Wildman–Crippen MR) is 89.9 cm³/mol. The molecule has 0 aromatic heterocycles. The molecule has 0 radical (unpaired) electrons. The molecule has 0 bridgehead atoms. The number of fused-ring (bicyclic) bond motifs is 3. The first-order valence-corrected chi connectivity index (χ1v) is 7.28. The van der Waals surface area contributed by atoms with E-state index in [9.17, 15) is 5.26 Å². The molecule has 0 amide bonds. The number of hydrogen-bond donors (Lipinski definition) is 0. The Morgan fingerprint density at radius 1 is 0.619 bits per heavy atom. The normalized spacial score (nSPS) is 11.0. The van der Waals surface area contributed by atoms with Crippen molar-refractivity contribution in [1.82, 2.24) is 0 Å². The van der Waals surface area contributed by atoms with Crippen LogP contribution < -0.4 is 0 Å². The monoisotopic (exact) mass is 273 g/mol. The van der Waals surface area contributed by atoms with Crippen molar-refractivity contribution in [2.75, 3.05) is 0 Å². The smallest absolute Gasteiger partial charge is 0.0998 e. The maximum absolute atomic E-state index is 9.52. The molecule has 0 unspecified atom stereocenters. The highest BCUT2D eigenvalue weighted by Crippen LogP contribution is 2.34. The van der Waals surface area contributed by atoms with Crippen LogP contribution in [0.25, 0.3) is 21.5 Å². The lowest BCUT2D eigenvalue weighted by Gasteiger charge is -2.14. The lowest BCUT2D eigenvalue weighted by molar-refractivity contribution is 1.30. The Bertz CT molecular complexity index is 940. The maximum atomic E-state index is 9.52. The average Bonchev–Trinajstić information content (AvgIpc) is 2.46. The third-order valence-electron chi connectivity index (χ3n) is 4.83. The molecule has 0 aliphatic heterocycles. The van der Waals surface area contributed by atoms with Gasteiger partial charge in [-0.3, -0.25) is 0 Å². The molecule has 1 heteroatoms. The van der Waals surface area contributed by atoms with E-state index in [1.165, 1.54) is 44.0 Å². The van der Waals surface area contributed by atoms with Crippen molar-refractivity contribution in [2.24, 2.45) is 0 Å². The third kappa shape index (κ3) is 1.91. The molecule has 0 saturated heterocycles. The molecule has 3 aromatic carbocycles. The zero-order valence-electron chi connectivity index (χ0n) is 13.3. The fraction of sp³-hybridized carbons (Fsp3) is 0.250. The first-order valence-electron chi connectivity index (χ1n) is 7.28. The van der Waals surface area contributed by atoms with Crippen molar-refractivity contribution in [1.29, 1.82) is 5.26 Å². The van der Waals surface area contributed by atoms with Gasteiger partial charge in [-0.25, -0.2) is 0 Å². The zero-order chi connectivity index (χ0) is 15.3. The second-order valence-corrected chi connectivity index (χ2v) is 6.06. The Kier molecular flexibility index (Phi) is 2.99. The summed E-state index contributed by atoms with van der Waals surface area (Å²) in [6, 6.07) is 11.1. The number of hydrogen-bond acceptors (Lipinski definition) is 1. The van der Waals surface area contributed by atoms with Gasteiger partial charge in [-0.1, -0.05) is 12.1 Å². The van der Waals surface area contributed by atoms with Gasteiger partial charge in [-0.15, -0.1) is 0 Å². The van der Waals surface area contributed by atoms with Crippen LogP contribution in [0.2, 0.25) is 0 Å². The van der Waals surface area contributed by atoms with E-state index < -0.39 is 0 Å². The Labute approximate surface area is 125 Å². The summed E-state index contributed by atoms with van der Waals surface area (Å²) < 4.78 is 0. The van der Waals surface area contributed by atoms with Crippen molar-refractivity contribution < 1.29 is 0 Å². The first-order chi connectivity index (χ1) is 9.93. The van der Waals surface area contributed by atoms with E-state index in [1.807, 2.05) is 6.07 Å². The second kappa shape index (κ2) is 4.60. The molecule has 1 nitrogen and oxygen atoms in total. The molecule has 3 rings (SSSR count). The van der Waals surface area contributed by atoms with Crippen LogP contribution in [-0.4, -0.2) is 0 Å². The van der Waals surface area contributed by atoms with Gasteiger partial charge >= 0.3 is 0 Å². The molecule has 0 atom stereocenters. The Balaban J connectivity index is 2.65. The molecular formula is C20H19N. The molecule has 0 saturated carbocycles. The number of nitrogens with zero attached hydrogens (tertiary/aromatic N) is 1. The van der Waals surface area contributed by atoms with Crippen LogP contribution in [0.15, 0.2) is 24.3 Å². The summed E-state index contributed by atoms with van der Waals surface area (Å²) in [5, 5.41) is 14.2. The number of aryl methyl sites for hydroxylation is 4. The Morgan fingerprint density at radius 2 is 1.14 bits per heavy atom. The van der Waals surface area contributed by atoms with Crippen LogP contribution in [0.3, 0.4) is 0 Å². The number of rotatable bonds is 0. The SMILES string of the molecule is Cc1cc2c(C#N)cc3c(C)c(C)c(C)cc3c2cc1C. The van der Waals surface area contributed by atoms with E-state index in [-0.39, 0.29) is 0 Å². The summed E-state index contributed by atoms with van der Waals surface area (Å²) in [4.78, 5) is 0. The second-order valence-electron chi connectivity index (χ2n) is 6.06. The molecular weight excluding hydrogens is 254 g/mol. The summed E-state index contributed by atoms with van der Waals surface area (Å²) in [6.07, 6.45) is 0. The zero-order valence-corrected chi connectivity index (χ0v) is 13.3. The van der Waals surface area contributed by atoms with Crippen molar-refractivity contribution in [3.05, 3.63) is 57.6 Å². The van der Waals surface area contributed by atoms with Gasteiger partial charge in [0, 0.05) is 5.39 Å². The largest absolute Gasteiger partial charge is 0.192 e. The van der Waals surface area contributed by atoms with Gasteiger partial charge in [-0.2, -0.15) is 5.26 Å². The number of nitriles is 1. The van der Waals surface area contributed by atoms with E-state index in [0.29, 0.717) is 0 Å². The molecule has 104 valence electrons. The summed E-state index contributed by atoms with van der Waals surface area (Å²) in [5.74, 6) is 0. The van der Waals surface area contributed by atoms with Gasteiger partial charge in [0.2, 0.25) is 0 Å². The van der Waals surface area contributed by atoms with Crippen LogP contribution in [0.5, 0.6) is 0 Å². The highest BCUT2D eigenvalue weighted by atomic mass is 14.3. The standard InChI is InChI=1S/C20H19N/c1-11-6-18-16(10-21)9-17-15(5)14(4)13(3)8-19(17)20(18)7-12(11)2/h6-9H,1-5H3. The summed E-state index contributed by atoms with van der Waals surface area (Å²) in [5.41, 5.74) is 7.18. The van der Waals surface area contributed by atoms with E-state index in [2.05, 4.69) is 58.9 Å². The van der Waals surface area contributed by atoms with Crippen LogP contribution in [0.1, 0.15) is 33.4 Å². The minimum Gasteiger partial charge on any atom is -0.192 e. The van der Waals surface area contributed by atoms with Gasteiger partial charge in [0.05, 0.1) is 11.6 Å². The summed E-state index contributed by atoms with van der Waals surface area (Å²) in [7, 11) is 0. The van der Waals surface area contributed by atoms with E-state index >= 15 is 0 Å². The van der Waals surface area contributed by atoms with Gasteiger partial charge < -0.3 is 0 Å². The first kappa shape index (κ1) is 13.6. The lowest BCUT2D eigenvalue weighted by Crippen LogP contribution is -1.93. The molecule has 0 spiro atoms. The van der Waals surface area contributed by atoms with Crippen molar-refractivity contribution in [3.8, 4) is 6.07 Å². The highest BCUT2D eigenvalue weighted by molar-refractivity contribution is 6.11. The van der Waals surface area contributed by atoms with Crippen LogP contribution in [0, 0.1) is 45.9 Å². The molecule has 0 aliphatic carbocycles. The maximum Gasteiger partial charge on any atom is 0.0998 e. The molecule has 0 aliphatic rings. The molecule has 0 N–H and O–H groups in total. The van der Waals surface area contributed by atoms with Crippen molar-refractivity contribution in [2.45, 2.75) is 34.6 Å². The Morgan fingerprint density at radius 3 is 1.76 bits per heavy atom. The highest BCUT2D eigenvalue weighted by Gasteiger charge is 2.12. The summed E-state index contributed by atoms with van der Waals surface area (Å²) in [6.45, 7) is 10.7. The predicted octanol–water partition coefficient (Wildman–Crippen LogP) is 5.41. The van der Waals surface area contributed by atoms with E-state index in [0.717, 1.165) is 10.9 Å². The minimum atomic E-state index is 0.770. The molecule has 0 heterocycles. The molecule has 21 heavy (non-hydrogen) atoms. The quantitative estimate of drug-likeness (QED) is 0.503. The van der Waals surface area contributed by atoms with Crippen LogP contribution in [0.4, 0.5) is 0 Å². The van der Waals surface area contributed by atoms with Crippen LogP contribution in [-0.2, 0) is 0 Å². The average molecular weight is 273 g/mol.